The van der Waals surface area contributed by atoms with Crippen LogP contribution >= 0.6 is 0 Å². The van der Waals surface area contributed by atoms with Gasteiger partial charge in [-0.25, -0.2) is 0 Å². The second-order valence-corrected chi connectivity index (χ2v) is 5.22. The lowest BCUT2D eigenvalue weighted by Crippen LogP contribution is -2.43. The number of nitrogens with zero attached hydrogens (tertiary/aromatic N) is 2. The van der Waals surface area contributed by atoms with Gasteiger partial charge in [0, 0.05) is 38.0 Å². The second-order valence-electron chi connectivity index (χ2n) is 5.22. The van der Waals surface area contributed by atoms with E-state index in [9.17, 15) is 9.59 Å². The van der Waals surface area contributed by atoms with Crippen molar-refractivity contribution < 1.29 is 9.59 Å². The molecule has 0 saturated heterocycles. The minimum Gasteiger partial charge on any atom is -0.335 e. The van der Waals surface area contributed by atoms with Crippen LogP contribution < -0.4 is 0 Å². The molecule has 2 atom stereocenters. The predicted molar refractivity (Wildman–Crippen MR) is 92.3 cm³/mol. The monoisotopic (exact) mass is 304 g/mol. The maximum Gasteiger partial charge on any atom is 0.226 e. The van der Waals surface area contributed by atoms with E-state index < -0.39 is 11.8 Å². The standard InChI is InChI=1S/C18H28N2O2/c1-7-11-19(12-8-2)17(21)15(5)16(6)18(22)20(13-9-3)14-10-4/h7-10,15-16H,1-4,11-14H2,5-6H3. The lowest BCUT2D eigenvalue weighted by atomic mass is 9.93. The van der Waals surface area contributed by atoms with Crippen LogP contribution in [0, 0.1) is 11.8 Å². The molecule has 0 spiro atoms. The van der Waals surface area contributed by atoms with Gasteiger partial charge in [-0.2, -0.15) is 0 Å². The van der Waals surface area contributed by atoms with Crippen molar-refractivity contribution in [3.05, 3.63) is 50.6 Å². The quantitative estimate of drug-likeness (QED) is 0.551. The molecular formula is C18H28N2O2. The Bertz CT molecular complexity index is 369. The fraction of sp³-hybridized carbons (Fsp3) is 0.444. The van der Waals surface area contributed by atoms with Crippen LogP contribution in [0.4, 0.5) is 0 Å². The maximum absolute atomic E-state index is 12.5. The van der Waals surface area contributed by atoms with E-state index in [1.807, 2.05) is 0 Å². The van der Waals surface area contributed by atoms with Gasteiger partial charge in [0.25, 0.3) is 0 Å². The summed E-state index contributed by atoms with van der Waals surface area (Å²) in [6.07, 6.45) is 6.68. The van der Waals surface area contributed by atoms with E-state index in [1.54, 1.807) is 48.0 Å². The molecule has 0 aromatic carbocycles. The normalized spacial score (nSPS) is 12.6. The van der Waals surface area contributed by atoms with Crippen molar-refractivity contribution in [3.8, 4) is 0 Å². The molecule has 0 radical (unpaired) electrons. The van der Waals surface area contributed by atoms with Crippen molar-refractivity contribution in [2.75, 3.05) is 26.2 Å². The Kier molecular flexibility index (Phi) is 9.59. The van der Waals surface area contributed by atoms with E-state index in [2.05, 4.69) is 26.3 Å². The molecule has 122 valence electrons. The molecule has 0 bridgehead atoms. The second kappa shape index (κ2) is 10.6. The summed E-state index contributed by atoms with van der Waals surface area (Å²) in [6.45, 7) is 20.0. The van der Waals surface area contributed by atoms with E-state index >= 15 is 0 Å². The lowest BCUT2D eigenvalue weighted by molar-refractivity contribution is -0.144. The zero-order valence-corrected chi connectivity index (χ0v) is 13.8. The van der Waals surface area contributed by atoms with Gasteiger partial charge in [-0.05, 0) is 0 Å². The van der Waals surface area contributed by atoms with Crippen LogP contribution in [0.5, 0.6) is 0 Å². The molecular weight excluding hydrogens is 276 g/mol. The van der Waals surface area contributed by atoms with Crippen LogP contribution in [0.25, 0.3) is 0 Å². The first kappa shape index (κ1) is 19.9. The predicted octanol–water partition coefficient (Wildman–Crippen LogP) is 2.66. The molecule has 22 heavy (non-hydrogen) atoms. The first-order chi connectivity index (χ1) is 10.4. The fourth-order valence-corrected chi connectivity index (χ4v) is 2.14. The summed E-state index contributed by atoms with van der Waals surface area (Å²) in [5, 5.41) is 0. The number of hydrogen-bond acceptors (Lipinski definition) is 2. The highest BCUT2D eigenvalue weighted by molar-refractivity contribution is 5.87. The van der Waals surface area contributed by atoms with Crippen LogP contribution in [-0.4, -0.2) is 47.8 Å². The number of carbonyl (C=O) groups excluding carboxylic acids is 2. The Hall–Kier alpha value is -2.10. The van der Waals surface area contributed by atoms with Gasteiger partial charge in [0.2, 0.25) is 11.8 Å². The topological polar surface area (TPSA) is 40.6 Å². The first-order valence-corrected chi connectivity index (χ1v) is 7.45. The molecule has 0 aliphatic carbocycles. The Balaban J connectivity index is 5.02. The molecule has 0 aliphatic heterocycles. The Morgan fingerprint density at radius 1 is 0.727 bits per heavy atom. The zero-order valence-electron chi connectivity index (χ0n) is 13.8. The summed E-state index contributed by atoms with van der Waals surface area (Å²) in [4.78, 5) is 28.3. The zero-order chi connectivity index (χ0) is 17.1. The smallest absolute Gasteiger partial charge is 0.226 e. The molecule has 0 aromatic heterocycles. The van der Waals surface area contributed by atoms with E-state index in [0.29, 0.717) is 26.2 Å². The van der Waals surface area contributed by atoms with E-state index in [-0.39, 0.29) is 11.8 Å². The number of hydrogen-bond donors (Lipinski definition) is 0. The van der Waals surface area contributed by atoms with Crippen molar-refractivity contribution in [3.63, 3.8) is 0 Å². The molecule has 0 N–H and O–H groups in total. The minimum atomic E-state index is -0.412. The highest BCUT2D eigenvalue weighted by atomic mass is 16.2. The van der Waals surface area contributed by atoms with Crippen LogP contribution in [0.3, 0.4) is 0 Å². The highest BCUT2D eigenvalue weighted by Gasteiger charge is 2.31. The highest BCUT2D eigenvalue weighted by Crippen LogP contribution is 2.17. The number of rotatable bonds is 11. The summed E-state index contributed by atoms with van der Waals surface area (Å²) in [5.74, 6) is -0.968. The molecule has 0 rings (SSSR count). The Labute approximate surface area is 134 Å². The average molecular weight is 304 g/mol. The molecule has 0 heterocycles. The van der Waals surface area contributed by atoms with E-state index in [1.165, 1.54) is 0 Å². The molecule has 4 nitrogen and oxygen atoms in total. The van der Waals surface area contributed by atoms with Gasteiger partial charge in [-0.15, -0.1) is 26.3 Å². The average Bonchev–Trinajstić information content (AvgIpc) is 2.51. The molecule has 0 aliphatic rings. The third kappa shape index (κ3) is 5.72. The Morgan fingerprint density at radius 2 is 0.955 bits per heavy atom. The van der Waals surface area contributed by atoms with Gasteiger partial charge in [0.15, 0.2) is 0 Å². The van der Waals surface area contributed by atoms with Gasteiger partial charge in [0.05, 0.1) is 0 Å². The van der Waals surface area contributed by atoms with E-state index in [0.717, 1.165) is 0 Å². The number of amides is 2. The van der Waals surface area contributed by atoms with Crippen molar-refractivity contribution in [1.82, 2.24) is 9.80 Å². The van der Waals surface area contributed by atoms with Crippen molar-refractivity contribution in [1.29, 1.82) is 0 Å². The van der Waals surface area contributed by atoms with Crippen LogP contribution in [0.1, 0.15) is 13.8 Å². The van der Waals surface area contributed by atoms with Crippen molar-refractivity contribution in [2.45, 2.75) is 13.8 Å². The third-order valence-corrected chi connectivity index (χ3v) is 3.55. The lowest BCUT2D eigenvalue weighted by Gasteiger charge is -2.29. The van der Waals surface area contributed by atoms with Gasteiger partial charge in [-0.3, -0.25) is 9.59 Å². The van der Waals surface area contributed by atoms with Crippen LogP contribution in [0.15, 0.2) is 50.6 Å². The molecule has 2 unspecified atom stereocenters. The molecule has 4 heteroatoms. The summed E-state index contributed by atoms with van der Waals surface area (Å²) >= 11 is 0. The largest absolute Gasteiger partial charge is 0.335 e. The van der Waals surface area contributed by atoms with Gasteiger partial charge in [0.1, 0.15) is 0 Å². The number of carbonyl (C=O) groups is 2. The van der Waals surface area contributed by atoms with Crippen LogP contribution in [-0.2, 0) is 9.59 Å². The molecule has 0 aromatic rings. The fourth-order valence-electron chi connectivity index (χ4n) is 2.14. The summed E-state index contributed by atoms with van der Waals surface area (Å²) in [6, 6.07) is 0. The summed E-state index contributed by atoms with van der Waals surface area (Å²) in [7, 11) is 0. The minimum absolute atomic E-state index is 0.0715. The summed E-state index contributed by atoms with van der Waals surface area (Å²) < 4.78 is 0. The first-order valence-electron chi connectivity index (χ1n) is 7.45. The van der Waals surface area contributed by atoms with Crippen LogP contribution in [0.2, 0.25) is 0 Å². The van der Waals surface area contributed by atoms with Crippen molar-refractivity contribution in [2.24, 2.45) is 11.8 Å². The van der Waals surface area contributed by atoms with Gasteiger partial charge >= 0.3 is 0 Å². The van der Waals surface area contributed by atoms with Gasteiger partial charge < -0.3 is 9.80 Å². The van der Waals surface area contributed by atoms with Crippen molar-refractivity contribution >= 4 is 11.8 Å². The summed E-state index contributed by atoms with van der Waals surface area (Å²) in [5.41, 5.74) is 0. The third-order valence-electron chi connectivity index (χ3n) is 3.55. The van der Waals surface area contributed by atoms with E-state index in [4.69, 9.17) is 0 Å². The Morgan fingerprint density at radius 3 is 1.14 bits per heavy atom. The molecule has 2 amide bonds. The SMILES string of the molecule is C=CCN(CC=C)C(=O)C(C)C(C)C(=O)N(CC=C)CC=C. The molecule has 0 saturated carbocycles. The maximum atomic E-state index is 12.5. The molecule has 0 fully saturated rings. The van der Waals surface area contributed by atoms with Gasteiger partial charge in [-0.1, -0.05) is 38.2 Å².